The molecule has 0 spiro atoms. The van der Waals surface area contributed by atoms with E-state index in [9.17, 15) is 4.79 Å². The fourth-order valence-corrected chi connectivity index (χ4v) is 2.35. The Morgan fingerprint density at radius 1 is 1.67 bits per heavy atom. The van der Waals surface area contributed by atoms with Crippen molar-refractivity contribution < 1.29 is 9.53 Å². The number of primary amides is 1. The Morgan fingerprint density at radius 2 is 2.50 bits per heavy atom. The second-order valence-electron chi connectivity index (χ2n) is 4.51. The summed E-state index contributed by atoms with van der Waals surface area (Å²) in [7, 11) is 0. The number of rotatable bonds is 5. The summed E-state index contributed by atoms with van der Waals surface area (Å²) in [4.78, 5) is 15.4. The number of amides is 1. The molecule has 0 bridgehead atoms. The Labute approximate surface area is 107 Å². The summed E-state index contributed by atoms with van der Waals surface area (Å²) >= 11 is 0. The molecule has 2 rings (SSSR count). The van der Waals surface area contributed by atoms with E-state index in [0.717, 1.165) is 26.0 Å². The lowest BCUT2D eigenvalue weighted by Crippen LogP contribution is -2.24. The van der Waals surface area contributed by atoms with Gasteiger partial charge in [-0.25, -0.2) is 4.98 Å². The minimum atomic E-state index is -0.458. The van der Waals surface area contributed by atoms with Gasteiger partial charge in [-0.3, -0.25) is 4.79 Å². The standard InChI is InChI=1S/C13H19N3O2/c1-2-11-9(5-7-18-11)8-16-13-10(12(14)17)4-3-6-15-13/h3-4,6,9,11H,2,5,7-8H2,1H3,(H2,14,17)(H,15,16). The number of nitrogens with zero attached hydrogens (tertiary/aromatic N) is 1. The van der Waals surface area contributed by atoms with E-state index in [1.165, 1.54) is 0 Å². The van der Waals surface area contributed by atoms with Crippen LogP contribution in [0.3, 0.4) is 0 Å². The van der Waals surface area contributed by atoms with Gasteiger partial charge in [-0.15, -0.1) is 0 Å². The van der Waals surface area contributed by atoms with Gasteiger partial charge < -0.3 is 15.8 Å². The Morgan fingerprint density at radius 3 is 3.22 bits per heavy atom. The van der Waals surface area contributed by atoms with Gasteiger partial charge >= 0.3 is 0 Å². The highest BCUT2D eigenvalue weighted by Gasteiger charge is 2.26. The lowest BCUT2D eigenvalue weighted by molar-refractivity contribution is 0.0900. The van der Waals surface area contributed by atoms with Crippen molar-refractivity contribution in [2.45, 2.75) is 25.9 Å². The quantitative estimate of drug-likeness (QED) is 0.827. The van der Waals surface area contributed by atoms with Crippen molar-refractivity contribution >= 4 is 11.7 Å². The van der Waals surface area contributed by atoms with Gasteiger partial charge in [0, 0.05) is 25.3 Å². The molecule has 3 N–H and O–H groups in total. The van der Waals surface area contributed by atoms with Gasteiger partial charge in [0.15, 0.2) is 0 Å². The van der Waals surface area contributed by atoms with Crippen molar-refractivity contribution in [3.05, 3.63) is 23.9 Å². The summed E-state index contributed by atoms with van der Waals surface area (Å²) in [5.74, 6) is 0.574. The molecule has 1 aliphatic rings. The molecule has 5 heteroatoms. The minimum absolute atomic E-state index is 0.304. The van der Waals surface area contributed by atoms with Gasteiger partial charge in [0.05, 0.1) is 11.7 Å². The zero-order valence-electron chi connectivity index (χ0n) is 10.6. The number of ether oxygens (including phenoxy) is 1. The molecule has 2 atom stereocenters. The number of carbonyl (C=O) groups excluding carboxylic acids is 1. The Hall–Kier alpha value is -1.62. The summed E-state index contributed by atoms with van der Waals surface area (Å²) in [6.45, 7) is 3.70. The molecule has 98 valence electrons. The number of hydrogen-bond donors (Lipinski definition) is 2. The number of nitrogens with two attached hydrogens (primary N) is 1. The van der Waals surface area contributed by atoms with Crippen LogP contribution < -0.4 is 11.1 Å². The largest absolute Gasteiger partial charge is 0.378 e. The zero-order chi connectivity index (χ0) is 13.0. The van der Waals surface area contributed by atoms with E-state index in [1.807, 2.05) is 0 Å². The molecule has 1 fully saturated rings. The van der Waals surface area contributed by atoms with Crippen LogP contribution >= 0.6 is 0 Å². The van der Waals surface area contributed by atoms with Crippen molar-refractivity contribution in [2.75, 3.05) is 18.5 Å². The summed E-state index contributed by atoms with van der Waals surface area (Å²) in [6.07, 6.45) is 4.01. The first-order valence-electron chi connectivity index (χ1n) is 6.32. The van der Waals surface area contributed by atoms with Gasteiger partial charge in [0.1, 0.15) is 5.82 Å². The van der Waals surface area contributed by atoms with Crippen LogP contribution in [0, 0.1) is 5.92 Å². The van der Waals surface area contributed by atoms with Gasteiger partial charge in [-0.1, -0.05) is 6.92 Å². The highest BCUT2D eigenvalue weighted by molar-refractivity contribution is 5.97. The molecule has 18 heavy (non-hydrogen) atoms. The van der Waals surface area contributed by atoms with Crippen LogP contribution in [0.25, 0.3) is 0 Å². The third-order valence-electron chi connectivity index (χ3n) is 3.35. The summed E-state index contributed by atoms with van der Waals surface area (Å²) in [6, 6.07) is 3.39. The van der Waals surface area contributed by atoms with Crippen LogP contribution in [0.5, 0.6) is 0 Å². The van der Waals surface area contributed by atoms with Crippen LogP contribution in [0.1, 0.15) is 30.1 Å². The molecule has 2 unspecified atom stereocenters. The number of hydrogen-bond acceptors (Lipinski definition) is 4. The summed E-state index contributed by atoms with van der Waals surface area (Å²) < 4.78 is 5.63. The van der Waals surface area contributed by atoms with Crippen molar-refractivity contribution in [3.63, 3.8) is 0 Å². The average Bonchev–Trinajstić information content (AvgIpc) is 2.84. The van der Waals surface area contributed by atoms with E-state index < -0.39 is 5.91 Å². The second-order valence-corrected chi connectivity index (χ2v) is 4.51. The predicted octanol–water partition coefficient (Wildman–Crippen LogP) is 1.41. The molecular formula is C13H19N3O2. The fourth-order valence-electron chi connectivity index (χ4n) is 2.35. The highest BCUT2D eigenvalue weighted by Crippen LogP contribution is 2.24. The van der Waals surface area contributed by atoms with Crippen molar-refractivity contribution in [3.8, 4) is 0 Å². The van der Waals surface area contributed by atoms with E-state index in [1.54, 1.807) is 18.3 Å². The van der Waals surface area contributed by atoms with Crippen LogP contribution in [-0.2, 0) is 4.74 Å². The molecule has 0 radical (unpaired) electrons. The van der Waals surface area contributed by atoms with Gasteiger partial charge in [-0.05, 0) is 25.0 Å². The molecular weight excluding hydrogens is 230 g/mol. The van der Waals surface area contributed by atoms with Crippen molar-refractivity contribution in [1.29, 1.82) is 0 Å². The zero-order valence-corrected chi connectivity index (χ0v) is 10.6. The van der Waals surface area contributed by atoms with E-state index in [2.05, 4.69) is 17.2 Å². The second kappa shape index (κ2) is 5.82. The molecule has 1 aromatic rings. The maximum atomic E-state index is 11.3. The molecule has 2 heterocycles. The first-order valence-corrected chi connectivity index (χ1v) is 6.32. The Bertz CT molecular complexity index is 422. The summed E-state index contributed by atoms with van der Waals surface area (Å²) in [5, 5.41) is 3.21. The predicted molar refractivity (Wildman–Crippen MR) is 69.4 cm³/mol. The van der Waals surface area contributed by atoms with Crippen molar-refractivity contribution in [1.82, 2.24) is 4.98 Å². The molecule has 1 aliphatic heterocycles. The van der Waals surface area contributed by atoms with Crippen LogP contribution in [0.15, 0.2) is 18.3 Å². The normalized spacial score (nSPS) is 22.9. The number of anilines is 1. The molecule has 0 aliphatic carbocycles. The molecule has 0 saturated carbocycles. The first-order chi connectivity index (χ1) is 8.72. The molecule has 1 aromatic heterocycles. The molecule has 1 amide bonds. The fraction of sp³-hybridized carbons (Fsp3) is 0.538. The third-order valence-corrected chi connectivity index (χ3v) is 3.35. The number of pyridine rings is 1. The average molecular weight is 249 g/mol. The smallest absolute Gasteiger partial charge is 0.252 e. The van der Waals surface area contributed by atoms with E-state index in [0.29, 0.717) is 23.4 Å². The number of aromatic nitrogens is 1. The van der Waals surface area contributed by atoms with Crippen LogP contribution in [0.4, 0.5) is 5.82 Å². The Kier molecular flexibility index (Phi) is 4.15. The molecule has 1 saturated heterocycles. The highest BCUT2D eigenvalue weighted by atomic mass is 16.5. The van der Waals surface area contributed by atoms with Gasteiger partial charge in [0.25, 0.3) is 5.91 Å². The van der Waals surface area contributed by atoms with Gasteiger partial charge in [0.2, 0.25) is 0 Å². The Balaban J connectivity index is 2.00. The summed E-state index contributed by atoms with van der Waals surface area (Å²) in [5.41, 5.74) is 5.74. The third kappa shape index (κ3) is 2.79. The number of nitrogens with one attached hydrogen (secondary N) is 1. The lowest BCUT2D eigenvalue weighted by atomic mass is 9.99. The van der Waals surface area contributed by atoms with E-state index in [-0.39, 0.29) is 0 Å². The lowest BCUT2D eigenvalue weighted by Gasteiger charge is -2.18. The van der Waals surface area contributed by atoms with E-state index >= 15 is 0 Å². The molecule has 0 aromatic carbocycles. The monoisotopic (exact) mass is 249 g/mol. The SMILES string of the molecule is CCC1OCCC1CNc1ncccc1C(N)=O. The maximum absolute atomic E-state index is 11.3. The minimum Gasteiger partial charge on any atom is -0.378 e. The van der Waals surface area contributed by atoms with Gasteiger partial charge in [-0.2, -0.15) is 0 Å². The first kappa shape index (κ1) is 12.8. The maximum Gasteiger partial charge on any atom is 0.252 e. The van der Waals surface area contributed by atoms with Crippen LogP contribution in [-0.4, -0.2) is 30.1 Å². The molecule has 5 nitrogen and oxygen atoms in total. The number of carbonyl (C=O) groups is 1. The van der Waals surface area contributed by atoms with Crippen LogP contribution in [0.2, 0.25) is 0 Å². The van der Waals surface area contributed by atoms with E-state index in [4.69, 9.17) is 10.5 Å². The topological polar surface area (TPSA) is 77.2 Å². The van der Waals surface area contributed by atoms with Crippen molar-refractivity contribution in [2.24, 2.45) is 11.7 Å².